The fraction of sp³-hybridized carbons (Fsp3) is 0.250. The van der Waals surface area contributed by atoms with E-state index in [1.54, 1.807) is 13.8 Å². The van der Waals surface area contributed by atoms with E-state index in [-0.39, 0.29) is 6.54 Å². The number of amides is 3. The Kier molecular flexibility index (Phi) is 4.50. The van der Waals surface area contributed by atoms with E-state index in [2.05, 4.69) is 0 Å². The molecule has 6 heteroatoms. The van der Waals surface area contributed by atoms with Gasteiger partial charge in [0.1, 0.15) is 6.04 Å². The summed E-state index contributed by atoms with van der Waals surface area (Å²) in [5.41, 5.74) is 2.02. The van der Waals surface area contributed by atoms with Gasteiger partial charge in [0.2, 0.25) is 6.41 Å². The van der Waals surface area contributed by atoms with Crippen LogP contribution in [-0.2, 0) is 16.1 Å². The zero-order valence-electron chi connectivity index (χ0n) is 14.6. The van der Waals surface area contributed by atoms with E-state index in [0.717, 1.165) is 26.5 Å². The molecule has 0 unspecified atom stereocenters. The molecule has 1 heterocycles. The minimum absolute atomic E-state index is 0.0803. The molecule has 3 amide bonds. The molecular weight excluding hydrogens is 332 g/mol. The summed E-state index contributed by atoms with van der Waals surface area (Å²) in [5, 5.41) is 9.58. The van der Waals surface area contributed by atoms with Crippen molar-refractivity contribution in [1.29, 1.82) is 0 Å². The highest BCUT2D eigenvalue weighted by Crippen LogP contribution is 2.35. The first-order valence-corrected chi connectivity index (χ1v) is 8.28. The average Bonchev–Trinajstić information content (AvgIpc) is 2.62. The minimum atomic E-state index is -1.19. The van der Waals surface area contributed by atoms with Crippen molar-refractivity contribution in [2.75, 3.05) is 0 Å². The molecule has 1 atom stereocenters. The zero-order chi connectivity index (χ0) is 18.9. The molecule has 2 aromatic carbocycles. The van der Waals surface area contributed by atoms with Gasteiger partial charge in [-0.1, -0.05) is 54.6 Å². The molecule has 1 aliphatic rings. The Morgan fingerprint density at radius 2 is 1.69 bits per heavy atom. The molecule has 1 fully saturated rings. The molecule has 1 saturated heterocycles. The van der Waals surface area contributed by atoms with Crippen molar-refractivity contribution in [3.63, 3.8) is 0 Å². The molecule has 1 aliphatic heterocycles. The average molecular weight is 352 g/mol. The van der Waals surface area contributed by atoms with Crippen LogP contribution in [0.4, 0.5) is 4.79 Å². The highest BCUT2D eigenvalue weighted by molar-refractivity contribution is 6.00. The number of carbonyl (C=O) groups is 3. The monoisotopic (exact) mass is 352 g/mol. The van der Waals surface area contributed by atoms with E-state index in [9.17, 15) is 19.5 Å². The Balaban J connectivity index is 1.80. The number of nitrogens with zero attached hydrogens (tertiary/aromatic N) is 2. The number of carbonyl (C=O) groups excluding carboxylic acids is 2. The maximum atomic E-state index is 12.2. The summed E-state index contributed by atoms with van der Waals surface area (Å²) in [7, 11) is 0. The van der Waals surface area contributed by atoms with Crippen LogP contribution in [0.5, 0.6) is 0 Å². The summed E-state index contributed by atoms with van der Waals surface area (Å²) < 4.78 is 0. The number of benzene rings is 2. The van der Waals surface area contributed by atoms with Crippen molar-refractivity contribution in [3.8, 4) is 11.1 Å². The minimum Gasteiger partial charge on any atom is -0.465 e. The second kappa shape index (κ2) is 6.63. The molecular formula is C20H20N2O4. The fourth-order valence-corrected chi connectivity index (χ4v) is 3.39. The predicted molar refractivity (Wildman–Crippen MR) is 96.2 cm³/mol. The van der Waals surface area contributed by atoms with E-state index in [4.69, 9.17) is 0 Å². The molecule has 0 bridgehead atoms. The SMILES string of the molecule is CC1(C)[C@H](N(Cc2ccc(-c3ccccc3)cc2)C(=O)O)C(=O)N1C=O. The summed E-state index contributed by atoms with van der Waals surface area (Å²) >= 11 is 0. The molecule has 0 saturated carbocycles. The normalized spacial score (nSPS) is 18.2. The number of hydrogen-bond acceptors (Lipinski definition) is 3. The molecule has 26 heavy (non-hydrogen) atoms. The summed E-state index contributed by atoms with van der Waals surface area (Å²) in [6, 6.07) is 16.5. The van der Waals surface area contributed by atoms with E-state index in [0.29, 0.717) is 6.41 Å². The van der Waals surface area contributed by atoms with Gasteiger partial charge in [-0.05, 0) is 30.5 Å². The second-order valence-electron chi connectivity index (χ2n) is 6.84. The van der Waals surface area contributed by atoms with Crippen LogP contribution in [0.25, 0.3) is 11.1 Å². The second-order valence-corrected chi connectivity index (χ2v) is 6.84. The number of imide groups is 1. The molecule has 6 nitrogen and oxygen atoms in total. The van der Waals surface area contributed by atoms with E-state index in [1.807, 2.05) is 54.6 Å². The molecule has 1 N–H and O–H groups in total. The lowest BCUT2D eigenvalue weighted by molar-refractivity contribution is -0.171. The smallest absolute Gasteiger partial charge is 0.408 e. The van der Waals surface area contributed by atoms with Crippen LogP contribution in [0.3, 0.4) is 0 Å². The third kappa shape index (κ3) is 2.94. The number of carboxylic acid groups (broad SMARTS) is 1. The van der Waals surface area contributed by atoms with Crippen LogP contribution in [0, 0.1) is 0 Å². The Labute approximate surface area is 151 Å². The van der Waals surface area contributed by atoms with Crippen LogP contribution in [0.15, 0.2) is 54.6 Å². The standard InChI is InChI=1S/C20H20N2O4/c1-20(2)17(18(24)22(20)13-23)21(19(25)26)12-14-8-10-16(11-9-14)15-6-4-3-5-7-15/h3-11,13,17H,12H2,1-2H3,(H,25,26)/t17-/m1/s1. The Morgan fingerprint density at radius 3 is 2.19 bits per heavy atom. The summed E-state index contributed by atoms with van der Waals surface area (Å²) in [5.74, 6) is -0.492. The van der Waals surface area contributed by atoms with Crippen LogP contribution < -0.4 is 0 Å². The van der Waals surface area contributed by atoms with Crippen molar-refractivity contribution in [2.45, 2.75) is 32.0 Å². The number of rotatable bonds is 5. The topological polar surface area (TPSA) is 77.9 Å². The Hall–Kier alpha value is -3.15. The van der Waals surface area contributed by atoms with Gasteiger partial charge in [-0.2, -0.15) is 0 Å². The molecule has 0 aliphatic carbocycles. The van der Waals surface area contributed by atoms with E-state index in [1.165, 1.54) is 0 Å². The van der Waals surface area contributed by atoms with Gasteiger partial charge in [0.15, 0.2) is 0 Å². The first-order valence-electron chi connectivity index (χ1n) is 8.28. The van der Waals surface area contributed by atoms with Crippen LogP contribution >= 0.6 is 0 Å². The van der Waals surface area contributed by atoms with Crippen molar-refractivity contribution in [2.24, 2.45) is 0 Å². The van der Waals surface area contributed by atoms with Crippen molar-refractivity contribution >= 4 is 18.4 Å². The van der Waals surface area contributed by atoms with Gasteiger partial charge in [-0.25, -0.2) is 4.79 Å². The molecule has 2 aromatic rings. The third-order valence-corrected chi connectivity index (χ3v) is 4.84. The molecule has 134 valence electrons. The van der Waals surface area contributed by atoms with Gasteiger partial charge < -0.3 is 5.11 Å². The Morgan fingerprint density at radius 1 is 1.12 bits per heavy atom. The lowest BCUT2D eigenvalue weighted by Gasteiger charge is -2.53. The number of likely N-dealkylation sites (tertiary alicyclic amines) is 1. The van der Waals surface area contributed by atoms with E-state index < -0.39 is 23.6 Å². The number of hydrogen-bond donors (Lipinski definition) is 1. The fourth-order valence-electron chi connectivity index (χ4n) is 3.39. The number of β-lactam (4-membered cyclic amide) rings is 1. The summed E-state index contributed by atoms with van der Waals surface area (Å²) in [4.78, 5) is 37.0. The largest absolute Gasteiger partial charge is 0.465 e. The maximum Gasteiger partial charge on any atom is 0.408 e. The van der Waals surface area contributed by atoms with Crippen molar-refractivity contribution < 1.29 is 19.5 Å². The van der Waals surface area contributed by atoms with Crippen LogP contribution in [-0.4, -0.2) is 44.9 Å². The lowest BCUT2D eigenvalue weighted by Crippen LogP contribution is -2.76. The maximum absolute atomic E-state index is 12.2. The van der Waals surface area contributed by atoms with Gasteiger partial charge in [0.25, 0.3) is 5.91 Å². The summed E-state index contributed by atoms with van der Waals surface area (Å²) in [6.07, 6.45) is -0.734. The Bertz CT molecular complexity index is 831. The quantitative estimate of drug-likeness (QED) is 0.663. The van der Waals surface area contributed by atoms with Gasteiger partial charge in [-0.3, -0.25) is 19.4 Å². The van der Waals surface area contributed by atoms with Gasteiger partial charge >= 0.3 is 6.09 Å². The highest BCUT2D eigenvalue weighted by Gasteiger charge is 2.58. The van der Waals surface area contributed by atoms with Crippen molar-refractivity contribution in [1.82, 2.24) is 9.80 Å². The summed E-state index contributed by atoms with van der Waals surface area (Å²) in [6.45, 7) is 3.45. The van der Waals surface area contributed by atoms with Crippen LogP contribution in [0.2, 0.25) is 0 Å². The lowest BCUT2D eigenvalue weighted by atomic mass is 9.81. The molecule has 0 aromatic heterocycles. The highest BCUT2D eigenvalue weighted by atomic mass is 16.4. The predicted octanol–water partition coefficient (Wildman–Crippen LogP) is 2.98. The van der Waals surface area contributed by atoms with Crippen LogP contribution in [0.1, 0.15) is 19.4 Å². The molecule has 0 radical (unpaired) electrons. The zero-order valence-corrected chi connectivity index (χ0v) is 14.6. The molecule has 0 spiro atoms. The van der Waals surface area contributed by atoms with Gasteiger partial charge in [0.05, 0.1) is 5.54 Å². The van der Waals surface area contributed by atoms with Gasteiger partial charge in [0, 0.05) is 6.54 Å². The third-order valence-electron chi connectivity index (χ3n) is 4.84. The van der Waals surface area contributed by atoms with E-state index >= 15 is 0 Å². The molecule has 3 rings (SSSR count). The first-order chi connectivity index (χ1) is 12.4. The van der Waals surface area contributed by atoms with Gasteiger partial charge in [-0.15, -0.1) is 0 Å². The van der Waals surface area contributed by atoms with Crippen molar-refractivity contribution in [3.05, 3.63) is 60.2 Å². The first kappa shape index (κ1) is 17.7.